The highest BCUT2D eigenvalue weighted by Gasteiger charge is 2.28. The van der Waals surface area contributed by atoms with Gasteiger partial charge < -0.3 is 14.2 Å². The second kappa shape index (κ2) is 5.19. The molecule has 0 amide bonds. The lowest BCUT2D eigenvalue weighted by molar-refractivity contribution is -0.0412. The van der Waals surface area contributed by atoms with Crippen molar-refractivity contribution in [3.63, 3.8) is 0 Å². The fraction of sp³-hybridized carbons (Fsp3) is 0.636. The summed E-state index contributed by atoms with van der Waals surface area (Å²) in [7, 11) is 7.59. The van der Waals surface area contributed by atoms with Gasteiger partial charge in [-0.05, 0) is 6.26 Å². The van der Waals surface area contributed by atoms with E-state index in [2.05, 4.69) is 6.26 Å². The number of allylic oxidation sites excluding steroid dienone is 2. The Labute approximate surface area is 102 Å². The maximum Gasteiger partial charge on any atom is 0.155 e. The minimum atomic E-state index is -0.0165. The zero-order valence-electron chi connectivity index (χ0n) is 9.56. The molecule has 86 valence electrons. The average molecular weight is 238 g/mol. The van der Waals surface area contributed by atoms with E-state index in [-0.39, 0.29) is 6.10 Å². The molecular formula is C11H15BO3S. The predicted octanol–water partition coefficient (Wildman–Crippen LogP) is 1.45. The van der Waals surface area contributed by atoms with Gasteiger partial charge >= 0.3 is 0 Å². The molecule has 0 aromatic rings. The lowest BCUT2D eigenvalue weighted by atomic mass is 9.87. The minimum Gasteiger partial charge on any atom is -0.487 e. The summed E-state index contributed by atoms with van der Waals surface area (Å²) in [6.07, 6.45) is 4.93. The molecule has 1 aliphatic carbocycles. The van der Waals surface area contributed by atoms with Crippen LogP contribution in [0.4, 0.5) is 0 Å². The normalized spacial score (nSPS) is 29.0. The Bertz CT molecular complexity index is 327. The van der Waals surface area contributed by atoms with Crippen molar-refractivity contribution in [3.8, 4) is 0 Å². The zero-order valence-corrected chi connectivity index (χ0v) is 10.4. The molecule has 0 spiro atoms. The third-order valence-corrected chi connectivity index (χ3v) is 3.55. The van der Waals surface area contributed by atoms with Crippen molar-refractivity contribution in [1.29, 1.82) is 0 Å². The summed E-state index contributed by atoms with van der Waals surface area (Å²) < 4.78 is 16.5. The largest absolute Gasteiger partial charge is 0.487 e. The maximum absolute atomic E-state index is 5.93. The van der Waals surface area contributed by atoms with Gasteiger partial charge in [0, 0.05) is 18.8 Å². The van der Waals surface area contributed by atoms with Crippen LogP contribution in [0.15, 0.2) is 23.1 Å². The Morgan fingerprint density at radius 3 is 3.12 bits per heavy atom. The molecule has 2 aliphatic rings. The average Bonchev–Trinajstić information content (AvgIpc) is 2.29. The van der Waals surface area contributed by atoms with Crippen LogP contribution in [0.5, 0.6) is 0 Å². The molecule has 0 saturated carbocycles. The van der Waals surface area contributed by atoms with E-state index in [0.717, 1.165) is 17.9 Å². The lowest BCUT2D eigenvalue weighted by Crippen LogP contribution is -2.32. The van der Waals surface area contributed by atoms with Crippen molar-refractivity contribution in [1.82, 2.24) is 0 Å². The molecule has 1 aliphatic heterocycles. The molecule has 5 heteroatoms. The third-order valence-electron chi connectivity index (χ3n) is 2.65. The molecular weight excluding hydrogens is 223 g/mol. The molecule has 2 atom stereocenters. The SMILES string of the molecule is [B]C1=CC(SC)CC2=C1OCC(COC)O2. The molecule has 2 rings (SSSR count). The number of hydrogen-bond acceptors (Lipinski definition) is 4. The van der Waals surface area contributed by atoms with E-state index in [4.69, 9.17) is 22.1 Å². The summed E-state index contributed by atoms with van der Waals surface area (Å²) in [5.74, 6) is 1.59. The van der Waals surface area contributed by atoms with Gasteiger partial charge in [0.25, 0.3) is 0 Å². The minimum absolute atomic E-state index is 0.0165. The fourth-order valence-corrected chi connectivity index (χ4v) is 2.47. The second-order valence-electron chi connectivity index (χ2n) is 3.86. The van der Waals surface area contributed by atoms with Crippen molar-refractivity contribution in [2.24, 2.45) is 0 Å². The van der Waals surface area contributed by atoms with Crippen LogP contribution in [0.2, 0.25) is 0 Å². The van der Waals surface area contributed by atoms with Gasteiger partial charge in [-0.15, -0.1) is 0 Å². The molecule has 16 heavy (non-hydrogen) atoms. The Balaban J connectivity index is 2.10. The van der Waals surface area contributed by atoms with Crippen molar-refractivity contribution >= 4 is 19.6 Å². The predicted molar refractivity (Wildman–Crippen MR) is 65.5 cm³/mol. The highest BCUT2D eigenvalue weighted by molar-refractivity contribution is 7.99. The standard InChI is InChI=1S/C11H15BO3S/c1-13-5-7-6-14-11-9(12)3-8(16-2)4-10(11)15-7/h3,7-8H,4-6H2,1-2H3. The van der Waals surface area contributed by atoms with Crippen LogP contribution in [-0.4, -0.2) is 45.8 Å². The van der Waals surface area contributed by atoms with Gasteiger partial charge in [0.1, 0.15) is 26.0 Å². The molecule has 0 fully saturated rings. The Kier molecular flexibility index (Phi) is 3.87. The van der Waals surface area contributed by atoms with Crippen LogP contribution < -0.4 is 0 Å². The summed E-state index contributed by atoms with van der Waals surface area (Å²) in [6, 6.07) is 0. The third kappa shape index (κ3) is 2.41. The van der Waals surface area contributed by atoms with E-state index in [9.17, 15) is 0 Å². The van der Waals surface area contributed by atoms with Gasteiger partial charge in [0.15, 0.2) is 6.10 Å². The van der Waals surface area contributed by atoms with Crippen LogP contribution in [-0.2, 0) is 14.2 Å². The van der Waals surface area contributed by atoms with Crippen LogP contribution in [0.25, 0.3) is 0 Å². The first kappa shape index (κ1) is 11.9. The van der Waals surface area contributed by atoms with Crippen LogP contribution in [0, 0.1) is 0 Å². The first-order valence-electron chi connectivity index (χ1n) is 5.26. The first-order valence-corrected chi connectivity index (χ1v) is 6.55. The van der Waals surface area contributed by atoms with Crippen LogP contribution in [0.3, 0.4) is 0 Å². The van der Waals surface area contributed by atoms with E-state index < -0.39 is 0 Å². The summed E-state index contributed by atoms with van der Waals surface area (Å²) in [6.45, 7) is 1.05. The summed E-state index contributed by atoms with van der Waals surface area (Å²) in [4.78, 5) is 0. The van der Waals surface area contributed by atoms with Crippen molar-refractivity contribution < 1.29 is 14.2 Å². The quantitative estimate of drug-likeness (QED) is 0.695. The monoisotopic (exact) mass is 238 g/mol. The molecule has 1 heterocycles. The number of hydrogen-bond donors (Lipinski definition) is 0. The molecule has 2 radical (unpaired) electrons. The fourth-order valence-electron chi connectivity index (χ4n) is 1.87. The summed E-state index contributed by atoms with van der Waals surface area (Å²) >= 11 is 1.76. The van der Waals surface area contributed by atoms with Crippen LogP contribution >= 0.6 is 11.8 Å². The van der Waals surface area contributed by atoms with E-state index in [1.807, 2.05) is 6.08 Å². The molecule has 0 aromatic heterocycles. The van der Waals surface area contributed by atoms with Gasteiger partial charge in [-0.3, -0.25) is 0 Å². The van der Waals surface area contributed by atoms with Crippen molar-refractivity contribution in [3.05, 3.63) is 23.1 Å². The molecule has 2 unspecified atom stereocenters. The highest BCUT2D eigenvalue weighted by Crippen LogP contribution is 2.33. The number of rotatable bonds is 3. The summed E-state index contributed by atoms with van der Waals surface area (Å²) in [5.41, 5.74) is 0.691. The lowest BCUT2D eigenvalue weighted by Gasteiger charge is -2.33. The Morgan fingerprint density at radius 2 is 2.44 bits per heavy atom. The van der Waals surface area contributed by atoms with Gasteiger partial charge in [-0.25, -0.2) is 0 Å². The number of ether oxygens (including phenoxy) is 3. The topological polar surface area (TPSA) is 27.7 Å². The van der Waals surface area contributed by atoms with Gasteiger partial charge in [0.05, 0.1) is 6.61 Å². The molecule has 0 aromatic carbocycles. The summed E-state index contributed by atoms with van der Waals surface area (Å²) in [5, 5.41) is 0.378. The zero-order chi connectivity index (χ0) is 11.5. The Hall–Kier alpha value is -0.545. The van der Waals surface area contributed by atoms with E-state index >= 15 is 0 Å². The molecule has 0 saturated heterocycles. The first-order chi connectivity index (χ1) is 7.74. The smallest absolute Gasteiger partial charge is 0.155 e. The molecule has 0 N–H and O–H groups in total. The van der Waals surface area contributed by atoms with Gasteiger partial charge in [0.2, 0.25) is 0 Å². The van der Waals surface area contributed by atoms with E-state index in [0.29, 0.717) is 23.9 Å². The number of thioether (sulfide) groups is 1. The van der Waals surface area contributed by atoms with Crippen molar-refractivity contribution in [2.45, 2.75) is 17.8 Å². The van der Waals surface area contributed by atoms with Gasteiger partial charge in [-0.2, -0.15) is 11.8 Å². The van der Waals surface area contributed by atoms with E-state index in [1.165, 1.54) is 0 Å². The highest BCUT2D eigenvalue weighted by atomic mass is 32.2. The second-order valence-corrected chi connectivity index (χ2v) is 4.94. The molecule has 3 nitrogen and oxygen atoms in total. The molecule has 0 bridgehead atoms. The van der Waals surface area contributed by atoms with Crippen LogP contribution in [0.1, 0.15) is 6.42 Å². The van der Waals surface area contributed by atoms with E-state index in [1.54, 1.807) is 18.9 Å². The van der Waals surface area contributed by atoms with Gasteiger partial charge in [-0.1, -0.05) is 11.5 Å². The Morgan fingerprint density at radius 1 is 1.62 bits per heavy atom. The number of methoxy groups -OCH3 is 1. The maximum atomic E-state index is 5.93. The van der Waals surface area contributed by atoms with Crippen molar-refractivity contribution in [2.75, 3.05) is 26.6 Å².